The number of sulfonamides is 2. The van der Waals surface area contributed by atoms with Crippen LogP contribution in [-0.4, -0.2) is 30.2 Å². The van der Waals surface area contributed by atoms with Gasteiger partial charge in [-0.3, -0.25) is 4.72 Å². The number of benzene rings is 3. The Labute approximate surface area is 187 Å². The average molecular weight is 475 g/mol. The molecule has 0 bridgehead atoms. The monoisotopic (exact) mass is 474 g/mol. The molecule has 1 aliphatic heterocycles. The van der Waals surface area contributed by atoms with E-state index in [9.17, 15) is 16.8 Å². The van der Waals surface area contributed by atoms with Gasteiger partial charge < -0.3 is 9.47 Å². The van der Waals surface area contributed by atoms with Gasteiger partial charge >= 0.3 is 0 Å². The maximum Gasteiger partial charge on any atom is 0.229 e. The molecular weight excluding hydrogens is 452 g/mol. The minimum absolute atomic E-state index is 0.318. The molecular formula is C22H22N2O6S2. The first-order chi connectivity index (χ1) is 15.0. The van der Waals surface area contributed by atoms with Crippen LogP contribution in [0.2, 0.25) is 0 Å². The third-order valence-corrected chi connectivity index (χ3v) is 6.32. The summed E-state index contributed by atoms with van der Waals surface area (Å²) in [4.78, 5) is 0. The van der Waals surface area contributed by atoms with E-state index in [-0.39, 0.29) is 5.75 Å². The summed E-state index contributed by atoms with van der Waals surface area (Å²) in [5, 5.41) is 5.25. The molecule has 1 aliphatic rings. The van der Waals surface area contributed by atoms with Gasteiger partial charge in [-0.05, 0) is 41.0 Å². The van der Waals surface area contributed by atoms with Gasteiger partial charge in [0, 0.05) is 11.3 Å². The first kappa shape index (κ1) is 22.1. The van der Waals surface area contributed by atoms with Crippen molar-refractivity contribution in [2.75, 3.05) is 18.1 Å². The highest BCUT2D eigenvalue weighted by Gasteiger charge is 2.30. The van der Waals surface area contributed by atoms with Crippen LogP contribution >= 0.6 is 0 Å². The van der Waals surface area contributed by atoms with Gasteiger partial charge in [0.25, 0.3) is 0 Å². The summed E-state index contributed by atoms with van der Waals surface area (Å²) in [7, 11) is -5.62. The first-order valence-electron chi connectivity index (χ1n) is 9.59. The van der Waals surface area contributed by atoms with Crippen molar-refractivity contribution in [2.24, 2.45) is 5.14 Å². The third-order valence-electron chi connectivity index (χ3n) is 4.98. The van der Waals surface area contributed by atoms with E-state index in [2.05, 4.69) is 4.72 Å². The number of ether oxygens (including phenoxy) is 2. The molecule has 3 aromatic rings. The molecule has 0 radical (unpaired) electrons. The van der Waals surface area contributed by atoms with Crippen LogP contribution in [0.4, 0.5) is 5.69 Å². The third kappa shape index (κ3) is 4.72. The van der Waals surface area contributed by atoms with Crippen molar-refractivity contribution in [2.45, 2.75) is 11.9 Å². The zero-order chi connectivity index (χ0) is 23.1. The fourth-order valence-electron chi connectivity index (χ4n) is 3.84. The molecule has 168 valence electrons. The number of rotatable bonds is 6. The molecule has 32 heavy (non-hydrogen) atoms. The lowest BCUT2D eigenvalue weighted by Crippen LogP contribution is -2.18. The number of nitrogens with two attached hydrogens (primary N) is 1. The van der Waals surface area contributed by atoms with Crippen LogP contribution < -0.4 is 19.3 Å². The zero-order valence-electron chi connectivity index (χ0n) is 17.4. The van der Waals surface area contributed by atoms with Gasteiger partial charge in [-0.2, -0.15) is 0 Å². The van der Waals surface area contributed by atoms with E-state index >= 15 is 0 Å². The Hall–Kier alpha value is -3.08. The molecule has 0 fully saturated rings. The van der Waals surface area contributed by atoms with Crippen molar-refractivity contribution in [1.29, 1.82) is 0 Å². The SMILES string of the molecule is COc1cccc2c1-c1ccc(CS(N)(=O)=O)cc1C(c1cccc(NS(C)(=O)=O)c1)O2. The van der Waals surface area contributed by atoms with Crippen LogP contribution in [0.3, 0.4) is 0 Å². The van der Waals surface area contributed by atoms with Crippen molar-refractivity contribution in [1.82, 2.24) is 0 Å². The van der Waals surface area contributed by atoms with Gasteiger partial charge in [-0.25, -0.2) is 22.0 Å². The lowest BCUT2D eigenvalue weighted by molar-refractivity contribution is 0.242. The number of anilines is 1. The average Bonchev–Trinajstić information content (AvgIpc) is 2.70. The van der Waals surface area contributed by atoms with E-state index in [0.717, 1.165) is 22.9 Å². The molecule has 3 aromatic carbocycles. The Kier molecular flexibility index (Phi) is 5.61. The predicted molar refractivity (Wildman–Crippen MR) is 123 cm³/mol. The highest BCUT2D eigenvalue weighted by molar-refractivity contribution is 7.92. The zero-order valence-corrected chi connectivity index (χ0v) is 19.0. The Bertz CT molecular complexity index is 1400. The Morgan fingerprint density at radius 3 is 2.47 bits per heavy atom. The number of fused-ring (bicyclic) bond motifs is 3. The fraction of sp³-hybridized carbons (Fsp3) is 0.182. The summed E-state index contributed by atoms with van der Waals surface area (Å²) in [6.45, 7) is 0. The largest absolute Gasteiger partial charge is 0.496 e. The molecule has 1 heterocycles. The molecule has 0 amide bonds. The van der Waals surface area contributed by atoms with E-state index in [4.69, 9.17) is 14.6 Å². The summed E-state index contributed by atoms with van der Waals surface area (Å²) in [6.07, 6.45) is 0.472. The number of methoxy groups -OCH3 is 1. The number of hydrogen-bond acceptors (Lipinski definition) is 6. The normalized spacial score (nSPS) is 15.3. The molecule has 0 saturated heterocycles. The van der Waals surface area contributed by atoms with Crippen LogP contribution in [0, 0.1) is 0 Å². The molecule has 8 nitrogen and oxygen atoms in total. The summed E-state index contributed by atoms with van der Waals surface area (Å²) in [6, 6.07) is 17.6. The van der Waals surface area contributed by atoms with Crippen molar-refractivity contribution in [3.8, 4) is 22.6 Å². The first-order valence-corrected chi connectivity index (χ1v) is 13.2. The minimum Gasteiger partial charge on any atom is -0.496 e. The van der Waals surface area contributed by atoms with Crippen LogP contribution in [0.25, 0.3) is 11.1 Å². The second-order valence-corrected chi connectivity index (χ2v) is 10.9. The second-order valence-electron chi connectivity index (χ2n) is 7.56. The lowest BCUT2D eigenvalue weighted by Gasteiger charge is -2.30. The van der Waals surface area contributed by atoms with Crippen LogP contribution in [0.15, 0.2) is 60.7 Å². The molecule has 0 spiro atoms. The lowest BCUT2D eigenvalue weighted by atomic mass is 9.88. The van der Waals surface area contributed by atoms with E-state index in [1.807, 2.05) is 30.3 Å². The van der Waals surface area contributed by atoms with Gasteiger partial charge in [0.2, 0.25) is 20.0 Å². The van der Waals surface area contributed by atoms with Crippen LogP contribution in [-0.2, 0) is 25.8 Å². The van der Waals surface area contributed by atoms with E-state index < -0.39 is 26.2 Å². The number of primary sulfonamides is 1. The topological polar surface area (TPSA) is 125 Å². The maximum absolute atomic E-state index is 11.7. The standard InChI is InChI=1S/C22H22N2O6S2/c1-29-19-7-4-8-20-21(19)17-10-9-14(13-32(23,27)28)11-18(17)22(30-20)15-5-3-6-16(12-15)24-31(2,25)26/h3-12,22,24H,13H2,1-2H3,(H2,23,27,28). The summed E-state index contributed by atoms with van der Waals surface area (Å²) in [5.74, 6) is 0.901. The Morgan fingerprint density at radius 1 is 1.03 bits per heavy atom. The second kappa shape index (κ2) is 8.12. The van der Waals surface area contributed by atoms with Crippen molar-refractivity contribution in [3.05, 3.63) is 77.4 Å². The van der Waals surface area contributed by atoms with Crippen LogP contribution in [0.5, 0.6) is 11.5 Å². The molecule has 10 heteroatoms. The minimum atomic E-state index is -3.73. The predicted octanol–water partition coefficient (Wildman–Crippen LogP) is 3.00. The van der Waals surface area contributed by atoms with Gasteiger partial charge in [-0.1, -0.05) is 36.4 Å². The molecule has 0 saturated carbocycles. The van der Waals surface area contributed by atoms with Gasteiger partial charge in [0.15, 0.2) is 0 Å². The smallest absolute Gasteiger partial charge is 0.229 e. The number of nitrogens with one attached hydrogen (secondary N) is 1. The summed E-state index contributed by atoms with van der Waals surface area (Å²) < 4.78 is 61.0. The van der Waals surface area contributed by atoms with Gasteiger partial charge in [0.1, 0.15) is 17.6 Å². The highest BCUT2D eigenvalue weighted by Crippen LogP contribution is 2.49. The summed E-state index contributed by atoms with van der Waals surface area (Å²) >= 11 is 0. The van der Waals surface area contributed by atoms with E-state index in [1.165, 1.54) is 0 Å². The Balaban J connectivity index is 1.89. The molecule has 1 atom stereocenters. The quantitative estimate of drug-likeness (QED) is 0.566. The molecule has 0 aliphatic carbocycles. The molecule has 4 rings (SSSR count). The van der Waals surface area contributed by atoms with E-state index in [1.54, 1.807) is 37.4 Å². The van der Waals surface area contributed by atoms with Crippen molar-refractivity contribution >= 4 is 25.7 Å². The molecule has 1 unspecified atom stereocenters. The number of hydrogen-bond donors (Lipinski definition) is 2. The van der Waals surface area contributed by atoms with Crippen molar-refractivity contribution < 1.29 is 26.3 Å². The fourth-order valence-corrected chi connectivity index (χ4v) is 5.04. The van der Waals surface area contributed by atoms with Gasteiger partial charge in [-0.15, -0.1) is 0 Å². The van der Waals surface area contributed by atoms with E-state index in [0.29, 0.717) is 28.3 Å². The molecule has 0 aromatic heterocycles. The Morgan fingerprint density at radius 2 is 1.78 bits per heavy atom. The van der Waals surface area contributed by atoms with Crippen molar-refractivity contribution in [3.63, 3.8) is 0 Å². The maximum atomic E-state index is 11.7. The highest BCUT2D eigenvalue weighted by atomic mass is 32.2. The summed E-state index contributed by atoms with van der Waals surface area (Å²) in [5.41, 5.74) is 3.92. The van der Waals surface area contributed by atoms with Crippen LogP contribution in [0.1, 0.15) is 22.8 Å². The van der Waals surface area contributed by atoms with Gasteiger partial charge in [0.05, 0.1) is 24.7 Å². The molecule has 3 N–H and O–H groups in total.